The third-order valence-corrected chi connectivity index (χ3v) is 4.13. The molecule has 0 unspecified atom stereocenters. The van der Waals surface area contributed by atoms with Gasteiger partial charge in [-0.2, -0.15) is 0 Å². The summed E-state index contributed by atoms with van der Waals surface area (Å²) in [4.78, 5) is 48.9. The second-order valence-corrected chi connectivity index (χ2v) is 6.21. The number of nitrogens with zero attached hydrogens (tertiary/aromatic N) is 1. The number of nitrogens with one attached hydrogen (secondary N) is 2. The van der Waals surface area contributed by atoms with Crippen molar-refractivity contribution >= 4 is 35.6 Å². The highest BCUT2D eigenvalue weighted by atomic mass is 32.2. The Hall–Kier alpha value is -2.55. The number of rotatable bonds is 6. The molecule has 0 spiro atoms. The number of imide groups is 1. The summed E-state index contributed by atoms with van der Waals surface area (Å²) in [7, 11) is 4.66. The van der Waals surface area contributed by atoms with E-state index in [1.54, 1.807) is 38.4 Å². The minimum absolute atomic E-state index is 0.0912. The van der Waals surface area contributed by atoms with Crippen molar-refractivity contribution in [2.45, 2.75) is 17.9 Å². The lowest BCUT2D eigenvalue weighted by molar-refractivity contribution is -0.128. The number of esters is 1. The molecule has 1 aromatic carbocycles. The molecule has 0 bridgehead atoms. The van der Waals surface area contributed by atoms with Crippen LogP contribution in [0.1, 0.15) is 17.3 Å². The van der Waals surface area contributed by atoms with Gasteiger partial charge in [-0.1, -0.05) is 12.1 Å². The maximum atomic E-state index is 12.3. The first-order valence-electron chi connectivity index (χ1n) is 7.41. The molecule has 0 aliphatic heterocycles. The lowest BCUT2D eigenvalue weighted by atomic mass is 10.2. The number of ether oxygens (including phenoxy) is 1. The molecule has 9 heteroatoms. The molecule has 1 atom stereocenters. The van der Waals surface area contributed by atoms with Crippen molar-refractivity contribution in [2.75, 3.05) is 26.9 Å². The average molecular weight is 367 g/mol. The highest BCUT2D eigenvalue weighted by Gasteiger charge is 2.22. The predicted molar refractivity (Wildman–Crippen MR) is 93.3 cm³/mol. The molecule has 0 aromatic heterocycles. The fourth-order valence-electron chi connectivity index (χ4n) is 1.58. The van der Waals surface area contributed by atoms with Gasteiger partial charge in [-0.3, -0.25) is 14.9 Å². The number of hydrogen-bond acceptors (Lipinski definition) is 6. The smallest absolute Gasteiger partial charge is 0.340 e. The monoisotopic (exact) mass is 367 g/mol. The molecule has 0 radical (unpaired) electrons. The van der Waals surface area contributed by atoms with E-state index < -0.39 is 24.0 Å². The molecular weight excluding hydrogens is 346 g/mol. The number of carbonyl (C=O) groups is 4. The zero-order valence-electron chi connectivity index (χ0n) is 14.5. The van der Waals surface area contributed by atoms with Crippen LogP contribution in [0.2, 0.25) is 0 Å². The average Bonchev–Trinajstić information content (AvgIpc) is 2.59. The summed E-state index contributed by atoms with van der Waals surface area (Å²) in [6.07, 6.45) is -1.15. The molecule has 2 N–H and O–H groups in total. The number of urea groups is 1. The Morgan fingerprint density at radius 3 is 2.44 bits per heavy atom. The summed E-state index contributed by atoms with van der Waals surface area (Å²) in [5.74, 6) is -1.36. The Kier molecular flexibility index (Phi) is 7.93. The van der Waals surface area contributed by atoms with Crippen LogP contribution in [0, 0.1) is 0 Å². The highest BCUT2D eigenvalue weighted by Crippen LogP contribution is 2.24. The molecule has 4 amide bonds. The highest BCUT2D eigenvalue weighted by molar-refractivity contribution is 8.00. The molecule has 0 saturated carbocycles. The Morgan fingerprint density at radius 2 is 1.84 bits per heavy atom. The summed E-state index contributed by atoms with van der Waals surface area (Å²) in [5.41, 5.74) is 0.249. The second kappa shape index (κ2) is 9.67. The van der Waals surface area contributed by atoms with Crippen LogP contribution in [0.3, 0.4) is 0 Å². The third kappa shape index (κ3) is 6.46. The Balaban J connectivity index is 2.76. The van der Waals surface area contributed by atoms with E-state index >= 15 is 0 Å². The van der Waals surface area contributed by atoms with Crippen LogP contribution in [0.5, 0.6) is 0 Å². The van der Waals surface area contributed by atoms with Crippen LogP contribution >= 0.6 is 11.8 Å². The van der Waals surface area contributed by atoms with Crippen molar-refractivity contribution < 1.29 is 23.9 Å². The number of benzene rings is 1. The van der Waals surface area contributed by atoms with E-state index in [9.17, 15) is 19.2 Å². The SMILES string of the molecule is CNC(=O)NC(=O)[C@H](C)OC(=O)c1ccccc1SCC(=O)N(C)C. The fourth-order valence-corrected chi connectivity index (χ4v) is 2.60. The third-order valence-electron chi connectivity index (χ3n) is 3.07. The van der Waals surface area contributed by atoms with Gasteiger partial charge in [0.25, 0.3) is 5.91 Å². The van der Waals surface area contributed by atoms with Crippen molar-refractivity contribution in [3.05, 3.63) is 29.8 Å². The lowest BCUT2D eigenvalue weighted by Gasteiger charge is -2.15. The van der Waals surface area contributed by atoms with Crippen molar-refractivity contribution in [3.63, 3.8) is 0 Å². The minimum Gasteiger partial charge on any atom is -0.449 e. The van der Waals surface area contributed by atoms with Crippen molar-refractivity contribution in [2.24, 2.45) is 0 Å². The molecule has 0 aliphatic carbocycles. The maximum absolute atomic E-state index is 12.3. The molecule has 0 heterocycles. The molecule has 0 fully saturated rings. The Bertz CT molecular complexity index is 663. The van der Waals surface area contributed by atoms with Crippen molar-refractivity contribution in [3.8, 4) is 0 Å². The van der Waals surface area contributed by atoms with Crippen LogP contribution in [-0.2, 0) is 14.3 Å². The number of amides is 4. The molecule has 136 valence electrons. The Labute approximate surface area is 150 Å². The summed E-state index contributed by atoms with van der Waals surface area (Å²) >= 11 is 1.20. The van der Waals surface area contributed by atoms with Gasteiger partial charge in [0.15, 0.2) is 6.10 Å². The molecule has 1 rings (SSSR count). The van der Waals surface area contributed by atoms with Gasteiger partial charge >= 0.3 is 12.0 Å². The molecule has 0 aliphatic rings. The summed E-state index contributed by atoms with van der Waals surface area (Å²) < 4.78 is 5.10. The van der Waals surface area contributed by atoms with Crippen LogP contribution in [0.15, 0.2) is 29.2 Å². The van der Waals surface area contributed by atoms with E-state index in [0.29, 0.717) is 4.90 Å². The van der Waals surface area contributed by atoms with E-state index in [1.807, 2.05) is 5.32 Å². The first kappa shape index (κ1) is 20.5. The van der Waals surface area contributed by atoms with Gasteiger partial charge in [-0.25, -0.2) is 9.59 Å². The largest absolute Gasteiger partial charge is 0.449 e. The van der Waals surface area contributed by atoms with Gasteiger partial charge < -0.3 is 15.0 Å². The van der Waals surface area contributed by atoms with Crippen LogP contribution < -0.4 is 10.6 Å². The quantitative estimate of drug-likeness (QED) is 0.571. The van der Waals surface area contributed by atoms with E-state index in [2.05, 4.69) is 5.32 Å². The minimum atomic E-state index is -1.15. The van der Waals surface area contributed by atoms with Gasteiger partial charge in [0, 0.05) is 26.0 Å². The van der Waals surface area contributed by atoms with E-state index in [4.69, 9.17) is 4.74 Å². The van der Waals surface area contributed by atoms with Crippen LogP contribution in [-0.4, -0.2) is 61.7 Å². The van der Waals surface area contributed by atoms with E-state index in [0.717, 1.165) is 0 Å². The van der Waals surface area contributed by atoms with E-state index in [1.165, 1.54) is 30.6 Å². The van der Waals surface area contributed by atoms with Gasteiger partial charge in [0.1, 0.15) is 0 Å². The van der Waals surface area contributed by atoms with Gasteiger partial charge in [0.2, 0.25) is 5.91 Å². The molecule has 0 saturated heterocycles. The zero-order valence-corrected chi connectivity index (χ0v) is 15.3. The van der Waals surface area contributed by atoms with Crippen molar-refractivity contribution in [1.29, 1.82) is 0 Å². The van der Waals surface area contributed by atoms with Crippen LogP contribution in [0.4, 0.5) is 4.79 Å². The first-order valence-corrected chi connectivity index (χ1v) is 8.40. The summed E-state index contributed by atoms with van der Waals surface area (Å²) in [5, 5.41) is 4.26. The Morgan fingerprint density at radius 1 is 1.20 bits per heavy atom. The zero-order chi connectivity index (χ0) is 19.0. The molecule has 1 aromatic rings. The number of carbonyl (C=O) groups excluding carboxylic acids is 4. The second-order valence-electron chi connectivity index (χ2n) is 5.19. The van der Waals surface area contributed by atoms with Gasteiger partial charge in [0.05, 0.1) is 11.3 Å². The van der Waals surface area contributed by atoms with Crippen molar-refractivity contribution in [1.82, 2.24) is 15.5 Å². The topological polar surface area (TPSA) is 105 Å². The fraction of sp³-hybridized carbons (Fsp3) is 0.375. The molecule has 8 nitrogen and oxygen atoms in total. The van der Waals surface area contributed by atoms with Gasteiger partial charge in [-0.15, -0.1) is 11.8 Å². The van der Waals surface area contributed by atoms with E-state index in [-0.39, 0.29) is 17.2 Å². The summed E-state index contributed by atoms with van der Waals surface area (Å²) in [6, 6.07) is 5.95. The first-order chi connectivity index (χ1) is 11.8. The summed E-state index contributed by atoms with van der Waals surface area (Å²) in [6.45, 7) is 1.36. The number of hydrogen-bond donors (Lipinski definition) is 2. The normalized spacial score (nSPS) is 11.2. The standard InChI is InChI=1S/C16H21N3O5S/c1-10(14(21)18-16(23)17-2)24-15(22)11-7-5-6-8-12(11)25-9-13(20)19(3)4/h5-8,10H,9H2,1-4H3,(H2,17,18,21,23)/t10-/m0/s1. The van der Waals surface area contributed by atoms with Crippen LogP contribution in [0.25, 0.3) is 0 Å². The molecule has 25 heavy (non-hydrogen) atoms. The predicted octanol–water partition coefficient (Wildman–Crippen LogP) is 0.868. The lowest BCUT2D eigenvalue weighted by Crippen LogP contribution is -2.43. The number of thioether (sulfide) groups is 1. The molecular formula is C16H21N3O5S. The maximum Gasteiger partial charge on any atom is 0.340 e. The van der Waals surface area contributed by atoms with Gasteiger partial charge in [-0.05, 0) is 19.1 Å².